The number of thiazole rings is 1. The van der Waals surface area contributed by atoms with Crippen LogP contribution in [-0.2, 0) is 18.3 Å². The van der Waals surface area contributed by atoms with Crippen molar-refractivity contribution < 1.29 is 4.74 Å². The molecule has 1 heterocycles. The van der Waals surface area contributed by atoms with E-state index < -0.39 is 0 Å². The van der Waals surface area contributed by atoms with E-state index >= 15 is 0 Å². The third kappa shape index (κ3) is 3.83. The van der Waals surface area contributed by atoms with Crippen LogP contribution in [0.1, 0.15) is 41.9 Å². The molecule has 0 aliphatic heterocycles. The van der Waals surface area contributed by atoms with Gasteiger partial charge < -0.3 is 10.5 Å². The number of aromatic nitrogens is 1. The Kier molecular flexibility index (Phi) is 5.01. The van der Waals surface area contributed by atoms with Gasteiger partial charge in [-0.05, 0) is 19.0 Å². The maximum atomic E-state index is 5.74. The summed E-state index contributed by atoms with van der Waals surface area (Å²) < 4.78 is 5.43. The van der Waals surface area contributed by atoms with E-state index in [-0.39, 0.29) is 5.41 Å². The van der Waals surface area contributed by atoms with Crippen molar-refractivity contribution in [3.8, 4) is 5.75 Å². The maximum absolute atomic E-state index is 5.74. The summed E-state index contributed by atoms with van der Waals surface area (Å²) in [7, 11) is 1.71. The monoisotopic (exact) mass is 304 g/mol. The largest absolute Gasteiger partial charge is 0.496 e. The van der Waals surface area contributed by atoms with Gasteiger partial charge in [-0.3, -0.25) is 0 Å². The molecule has 0 saturated carbocycles. The Morgan fingerprint density at radius 3 is 2.57 bits per heavy atom. The zero-order valence-corrected chi connectivity index (χ0v) is 14.1. The number of methoxy groups -OCH3 is 1. The SMILES string of the molecule is COc1ccccc1Cc1nc(C(C)(C)C)c(CCN)s1. The molecule has 0 saturated heterocycles. The predicted octanol–water partition coefficient (Wildman–Crippen LogP) is 3.54. The van der Waals surface area contributed by atoms with Gasteiger partial charge in [0.05, 0.1) is 17.8 Å². The van der Waals surface area contributed by atoms with Crippen LogP contribution in [0.15, 0.2) is 24.3 Å². The molecule has 2 aromatic rings. The van der Waals surface area contributed by atoms with Crippen molar-refractivity contribution >= 4 is 11.3 Å². The van der Waals surface area contributed by atoms with Gasteiger partial charge in [0.2, 0.25) is 0 Å². The second kappa shape index (κ2) is 6.58. The molecule has 0 radical (unpaired) electrons. The highest BCUT2D eigenvalue weighted by molar-refractivity contribution is 7.11. The molecule has 0 atom stereocenters. The van der Waals surface area contributed by atoms with Crippen molar-refractivity contribution in [2.75, 3.05) is 13.7 Å². The molecule has 114 valence electrons. The third-order valence-electron chi connectivity index (χ3n) is 3.36. The summed E-state index contributed by atoms with van der Waals surface area (Å²) in [5.41, 5.74) is 8.15. The summed E-state index contributed by atoms with van der Waals surface area (Å²) in [6.07, 6.45) is 1.71. The summed E-state index contributed by atoms with van der Waals surface area (Å²) in [5.74, 6) is 0.922. The normalized spacial score (nSPS) is 11.7. The topological polar surface area (TPSA) is 48.1 Å². The van der Waals surface area contributed by atoms with Crippen molar-refractivity contribution in [1.82, 2.24) is 4.98 Å². The number of nitrogens with two attached hydrogens (primary N) is 1. The minimum absolute atomic E-state index is 0.0556. The summed E-state index contributed by atoms with van der Waals surface area (Å²) in [5, 5.41) is 1.13. The number of nitrogens with zero attached hydrogens (tertiary/aromatic N) is 1. The maximum Gasteiger partial charge on any atom is 0.122 e. The summed E-state index contributed by atoms with van der Waals surface area (Å²) in [6.45, 7) is 7.28. The molecule has 0 amide bonds. The minimum atomic E-state index is 0.0556. The molecular formula is C17H24N2OS. The van der Waals surface area contributed by atoms with E-state index in [4.69, 9.17) is 15.5 Å². The van der Waals surface area contributed by atoms with E-state index in [1.54, 1.807) is 18.4 Å². The Bertz CT molecular complexity index is 599. The lowest BCUT2D eigenvalue weighted by Gasteiger charge is -2.17. The Hall–Kier alpha value is -1.39. The molecule has 2 rings (SSSR count). The molecule has 0 fully saturated rings. The molecule has 2 N–H and O–H groups in total. The Morgan fingerprint density at radius 1 is 1.24 bits per heavy atom. The fraction of sp³-hybridized carbons (Fsp3) is 0.471. The van der Waals surface area contributed by atoms with Gasteiger partial charge in [-0.15, -0.1) is 11.3 Å². The van der Waals surface area contributed by atoms with Crippen molar-refractivity contribution in [2.45, 2.75) is 39.0 Å². The van der Waals surface area contributed by atoms with Crippen LogP contribution in [0.4, 0.5) is 0 Å². The summed E-state index contributed by atoms with van der Waals surface area (Å²) >= 11 is 1.78. The van der Waals surface area contributed by atoms with Crippen molar-refractivity contribution in [3.63, 3.8) is 0 Å². The molecule has 0 aliphatic rings. The van der Waals surface area contributed by atoms with Crippen LogP contribution in [0.2, 0.25) is 0 Å². The molecule has 0 unspecified atom stereocenters. The average Bonchev–Trinajstić information content (AvgIpc) is 2.83. The van der Waals surface area contributed by atoms with Crippen LogP contribution in [0.5, 0.6) is 5.75 Å². The van der Waals surface area contributed by atoms with Gasteiger partial charge in [-0.2, -0.15) is 0 Å². The first-order valence-electron chi connectivity index (χ1n) is 7.26. The van der Waals surface area contributed by atoms with Crippen LogP contribution in [-0.4, -0.2) is 18.6 Å². The lowest BCUT2D eigenvalue weighted by molar-refractivity contribution is 0.410. The van der Waals surface area contributed by atoms with Gasteiger partial charge in [0, 0.05) is 22.3 Å². The van der Waals surface area contributed by atoms with Crippen molar-refractivity contribution in [2.24, 2.45) is 5.73 Å². The fourth-order valence-corrected chi connectivity index (χ4v) is 3.69. The van der Waals surface area contributed by atoms with Gasteiger partial charge >= 0.3 is 0 Å². The van der Waals surface area contributed by atoms with Gasteiger partial charge in [0.1, 0.15) is 5.75 Å². The summed E-state index contributed by atoms with van der Waals surface area (Å²) in [4.78, 5) is 6.19. The first-order chi connectivity index (χ1) is 9.95. The first-order valence-corrected chi connectivity index (χ1v) is 8.08. The second-order valence-corrected chi connectivity index (χ2v) is 7.32. The number of hydrogen-bond donors (Lipinski definition) is 1. The lowest BCUT2D eigenvalue weighted by Crippen LogP contribution is -2.15. The van der Waals surface area contributed by atoms with Crippen LogP contribution in [0.25, 0.3) is 0 Å². The molecule has 0 bridgehead atoms. The zero-order valence-electron chi connectivity index (χ0n) is 13.3. The quantitative estimate of drug-likeness (QED) is 0.919. The van der Waals surface area contributed by atoms with Crippen LogP contribution >= 0.6 is 11.3 Å². The van der Waals surface area contributed by atoms with E-state index in [9.17, 15) is 0 Å². The fourth-order valence-electron chi connectivity index (χ4n) is 2.37. The Morgan fingerprint density at radius 2 is 1.95 bits per heavy atom. The van der Waals surface area contributed by atoms with Crippen LogP contribution < -0.4 is 10.5 Å². The third-order valence-corrected chi connectivity index (χ3v) is 4.47. The number of hydrogen-bond acceptors (Lipinski definition) is 4. The van der Waals surface area contributed by atoms with Crippen LogP contribution in [0, 0.1) is 0 Å². The highest BCUT2D eigenvalue weighted by atomic mass is 32.1. The number of rotatable bonds is 5. The van der Waals surface area contributed by atoms with Gasteiger partial charge in [-0.25, -0.2) is 4.98 Å². The van der Waals surface area contributed by atoms with Gasteiger partial charge in [-0.1, -0.05) is 39.0 Å². The molecule has 1 aromatic heterocycles. The van der Waals surface area contributed by atoms with Crippen LogP contribution in [0.3, 0.4) is 0 Å². The van der Waals surface area contributed by atoms with E-state index in [0.29, 0.717) is 6.54 Å². The highest BCUT2D eigenvalue weighted by Gasteiger charge is 2.23. The van der Waals surface area contributed by atoms with Crippen molar-refractivity contribution in [1.29, 1.82) is 0 Å². The van der Waals surface area contributed by atoms with Gasteiger partial charge in [0.15, 0.2) is 0 Å². The van der Waals surface area contributed by atoms with E-state index in [1.165, 1.54) is 16.1 Å². The molecular weight excluding hydrogens is 280 g/mol. The zero-order chi connectivity index (χ0) is 15.5. The van der Waals surface area contributed by atoms with E-state index in [0.717, 1.165) is 23.6 Å². The predicted molar refractivity (Wildman–Crippen MR) is 89.4 cm³/mol. The number of ether oxygens (including phenoxy) is 1. The standard InChI is InChI=1S/C17H24N2OS/c1-17(2,3)16-14(9-10-18)21-15(19-16)11-12-7-5-6-8-13(12)20-4/h5-8H,9-11,18H2,1-4H3. The lowest BCUT2D eigenvalue weighted by atomic mass is 9.91. The number of benzene rings is 1. The second-order valence-electron chi connectivity index (χ2n) is 6.16. The first kappa shape index (κ1) is 16.0. The average molecular weight is 304 g/mol. The molecule has 21 heavy (non-hydrogen) atoms. The molecule has 0 aliphatic carbocycles. The molecule has 3 nitrogen and oxygen atoms in total. The molecule has 1 aromatic carbocycles. The Labute approximate surface area is 131 Å². The highest BCUT2D eigenvalue weighted by Crippen LogP contribution is 2.32. The summed E-state index contributed by atoms with van der Waals surface area (Å²) in [6, 6.07) is 8.12. The van der Waals surface area contributed by atoms with Crippen molar-refractivity contribution in [3.05, 3.63) is 45.4 Å². The van der Waals surface area contributed by atoms with E-state index in [1.807, 2.05) is 18.2 Å². The van der Waals surface area contributed by atoms with Gasteiger partial charge in [0.25, 0.3) is 0 Å². The Balaban J connectivity index is 2.32. The molecule has 4 heteroatoms. The smallest absolute Gasteiger partial charge is 0.122 e. The van der Waals surface area contributed by atoms with E-state index in [2.05, 4.69) is 26.8 Å². The molecule has 0 spiro atoms. The minimum Gasteiger partial charge on any atom is -0.496 e. The number of para-hydroxylation sites is 1.